The molecule has 0 spiro atoms. The molecule has 0 heterocycles. The van der Waals surface area contributed by atoms with Crippen LogP contribution in [-0.4, -0.2) is 39.0 Å². The summed E-state index contributed by atoms with van der Waals surface area (Å²) in [6.45, 7) is 6.30. The Hall–Kier alpha value is -3.46. The highest BCUT2D eigenvalue weighted by atomic mass is 16.6. The van der Waals surface area contributed by atoms with Crippen molar-refractivity contribution in [2.24, 2.45) is 10.9 Å². The first-order valence-electron chi connectivity index (χ1n) is 9.32. The van der Waals surface area contributed by atoms with Crippen molar-refractivity contribution in [2.45, 2.75) is 39.5 Å². The molecule has 0 aliphatic carbocycles. The SMILES string of the molecule is CC(C)(C)OC(=O)CN(Cc1ccc(C(N)=NO)cc1)Cc1ccc([N+](=O)[O-])cc1. The van der Waals surface area contributed by atoms with Gasteiger partial charge < -0.3 is 15.7 Å². The molecule has 0 fully saturated rings. The van der Waals surface area contributed by atoms with E-state index in [0.29, 0.717) is 18.7 Å². The Kier molecular flexibility index (Phi) is 7.48. The van der Waals surface area contributed by atoms with E-state index in [1.165, 1.54) is 12.1 Å². The summed E-state index contributed by atoms with van der Waals surface area (Å²) >= 11 is 0. The molecule has 0 amide bonds. The van der Waals surface area contributed by atoms with Gasteiger partial charge in [0, 0.05) is 30.8 Å². The predicted molar refractivity (Wildman–Crippen MR) is 112 cm³/mol. The van der Waals surface area contributed by atoms with Crippen LogP contribution < -0.4 is 5.73 Å². The molecule has 0 radical (unpaired) electrons. The van der Waals surface area contributed by atoms with Gasteiger partial charge in [-0.25, -0.2) is 0 Å². The topological polar surface area (TPSA) is 131 Å². The number of oxime groups is 1. The van der Waals surface area contributed by atoms with Gasteiger partial charge >= 0.3 is 5.97 Å². The molecule has 160 valence electrons. The van der Waals surface area contributed by atoms with Crippen molar-refractivity contribution < 1.29 is 19.7 Å². The van der Waals surface area contributed by atoms with Crippen LogP contribution in [0.4, 0.5) is 5.69 Å². The maximum atomic E-state index is 12.4. The van der Waals surface area contributed by atoms with Crippen LogP contribution in [0, 0.1) is 10.1 Å². The van der Waals surface area contributed by atoms with Gasteiger partial charge in [0.15, 0.2) is 5.84 Å². The fourth-order valence-corrected chi connectivity index (χ4v) is 2.80. The van der Waals surface area contributed by atoms with Gasteiger partial charge in [-0.05, 0) is 31.9 Å². The molecule has 3 N–H and O–H groups in total. The van der Waals surface area contributed by atoms with Crippen LogP contribution in [0.25, 0.3) is 0 Å². The van der Waals surface area contributed by atoms with Gasteiger partial charge in [-0.3, -0.25) is 19.8 Å². The van der Waals surface area contributed by atoms with E-state index in [-0.39, 0.29) is 24.0 Å². The van der Waals surface area contributed by atoms with Crippen LogP contribution in [-0.2, 0) is 22.6 Å². The molecule has 9 heteroatoms. The summed E-state index contributed by atoms with van der Waals surface area (Å²) in [4.78, 5) is 24.6. The molecule has 0 bridgehead atoms. The minimum atomic E-state index is -0.598. The van der Waals surface area contributed by atoms with E-state index in [1.54, 1.807) is 45.0 Å². The Bertz CT molecular complexity index is 902. The summed E-state index contributed by atoms with van der Waals surface area (Å²) in [6, 6.07) is 13.3. The smallest absolute Gasteiger partial charge is 0.320 e. The number of hydrogen-bond acceptors (Lipinski definition) is 7. The van der Waals surface area contributed by atoms with Gasteiger partial charge in [-0.1, -0.05) is 41.6 Å². The standard InChI is InChI=1S/C21H26N4O5/c1-21(2,3)30-19(26)14-24(13-16-6-10-18(11-7-16)25(28)29)12-15-4-8-17(9-5-15)20(22)23-27/h4-11,27H,12-14H2,1-3H3,(H2,22,23). The third-order valence-electron chi connectivity index (χ3n) is 4.09. The summed E-state index contributed by atoms with van der Waals surface area (Å²) < 4.78 is 5.43. The third-order valence-corrected chi connectivity index (χ3v) is 4.09. The number of hydrogen-bond donors (Lipinski definition) is 2. The summed E-state index contributed by atoms with van der Waals surface area (Å²) in [6.07, 6.45) is 0. The largest absolute Gasteiger partial charge is 0.459 e. The zero-order valence-corrected chi connectivity index (χ0v) is 17.2. The highest BCUT2D eigenvalue weighted by molar-refractivity contribution is 5.96. The molecule has 0 aliphatic rings. The monoisotopic (exact) mass is 414 g/mol. The van der Waals surface area contributed by atoms with Crippen molar-refractivity contribution in [1.29, 1.82) is 0 Å². The van der Waals surface area contributed by atoms with Crippen molar-refractivity contribution in [3.05, 3.63) is 75.3 Å². The number of nitro benzene ring substituents is 1. The van der Waals surface area contributed by atoms with Gasteiger partial charge in [0.05, 0.1) is 11.5 Å². The van der Waals surface area contributed by atoms with Crippen LogP contribution in [0.5, 0.6) is 0 Å². The number of non-ortho nitro benzene ring substituents is 1. The van der Waals surface area contributed by atoms with E-state index in [9.17, 15) is 14.9 Å². The van der Waals surface area contributed by atoms with Crippen molar-refractivity contribution in [1.82, 2.24) is 4.90 Å². The molecule has 0 aromatic heterocycles. The molecule has 30 heavy (non-hydrogen) atoms. The highest BCUT2D eigenvalue weighted by Gasteiger charge is 2.20. The molecule has 2 aromatic rings. The number of nitrogens with two attached hydrogens (primary N) is 1. The number of esters is 1. The minimum Gasteiger partial charge on any atom is -0.459 e. The van der Waals surface area contributed by atoms with Gasteiger partial charge in [0.2, 0.25) is 0 Å². The normalized spacial score (nSPS) is 12.1. The van der Waals surface area contributed by atoms with E-state index in [1.807, 2.05) is 17.0 Å². The first kappa shape index (κ1) is 22.8. The molecule has 0 saturated heterocycles. The Balaban J connectivity index is 2.17. The molecule has 2 rings (SSSR count). The van der Waals surface area contributed by atoms with Gasteiger partial charge in [0.25, 0.3) is 5.69 Å². The molecule has 0 saturated carbocycles. The summed E-state index contributed by atoms with van der Waals surface area (Å²) in [5.74, 6) is -0.351. The second-order valence-electron chi connectivity index (χ2n) is 7.84. The number of benzene rings is 2. The second kappa shape index (κ2) is 9.84. The number of nitro groups is 1. The predicted octanol–water partition coefficient (Wildman–Crippen LogP) is 3.03. The van der Waals surface area contributed by atoms with E-state index in [4.69, 9.17) is 15.7 Å². The van der Waals surface area contributed by atoms with E-state index in [2.05, 4.69) is 5.16 Å². The third kappa shape index (κ3) is 7.17. The Morgan fingerprint density at radius 1 is 1.10 bits per heavy atom. The first-order chi connectivity index (χ1) is 14.1. The lowest BCUT2D eigenvalue weighted by atomic mass is 10.1. The lowest BCUT2D eigenvalue weighted by Crippen LogP contribution is -2.34. The second-order valence-corrected chi connectivity index (χ2v) is 7.84. The van der Waals surface area contributed by atoms with E-state index >= 15 is 0 Å². The molecule has 2 aromatic carbocycles. The summed E-state index contributed by atoms with van der Waals surface area (Å²) in [5.41, 5.74) is 7.32. The average molecular weight is 414 g/mol. The zero-order chi connectivity index (χ0) is 22.3. The number of carbonyl (C=O) groups is 1. The zero-order valence-electron chi connectivity index (χ0n) is 17.2. The van der Waals surface area contributed by atoms with Crippen LogP contribution in [0.2, 0.25) is 0 Å². The van der Waals surface area contributed by atoms with Gasteiger partial charge in [-0.2, -0.15) is 0 Å². The van der Waals surface area contributed by atoms with Crippen LogP contribution in [0.3, 0.4) is 0 Å². The Morgan fingerprint density at radius 3 is 2.03 bits per heavy atom. The van der Waals surface area contributed by atoms with Crippen LogP contribution in [0.15, 0.2) is 53.7 Å². The van der Waals surface area contributed by atoms with Gasteiger partial charge in [0.1, 0.15) is 5.60 Å². The summed E-state index contributed by atoms with van der Waals surface area (Å²) in [7, 11) is 0. The van der Waals surface area contributed by atoms with E-state index in [0.717, 1.165) is 11.1 Å². The fourth-order valence-electron chi connectivity index (χ4n) is 2.80. The molecule has 0 unspecified atom stereocenters. The number of ether oxygens (including phenoxy) is 1. The number of carbonyl (C=O) groups excluding carboxylic acids is 1. The lowest BCUT2D eigenvalue weighted by molar-refractivity contribution is -0.384. The number of nitrogens with zero attached hydrogens (tertiary/aromatic N) is 3. The minimum absolute atomic E-state index is 0.0103. The maximum absolute atomic E-state index is 12.4. The molecule has 0 atom stereocenters. The Labute approximate surface area is 174 Å². The number of amidine groups is 1. The fraction of sp³-hybridized carbons (Fsp3) is 0.333. The van der Waals surface area contributed by atoms with Crippen molar-refractivity contribution in [3.63, 3.8) is 0 Å². The van der Waals surface area contributed by atoms with Crippen molar-refractivity contribution in [3.8, 4) is 0 Å². The van der Waals surface area contributed by atoms with E-state index < -0.39 is 10.5 Å². The van der Waals surface area contributed by atoms with Crippen LogP contribution >= 0.6 is 0 Å². The lowest BCUT2D eigenvalue weighted by Gasteiger charge is -2.25. The molecular weight excluding hydrogens is 388 g/mol. The average Bonchev–Trinajstić information content (AvgIpc) is 2.66. The number of rotatable bonds is 8. The highest BCUT2D eigenvalue weighted by Crippen LogP contribution is 2.16. The summed E-state index contributed by atoms with van der Waals surface area (Å²) in [5, 5.41) is 22.6. The molecule has 9 nitrogen and oxygen atoms in total. The van der Waals surface area contributed by atoms with Crippen LogP contribution in [0.1, 0.15) is 37.5 Å². The van der Waals surface area contributed by atoms with Crippen molar-refractivity contribution in [2.75, 3.05) is 6.54 Å². The quantitative estimate of drug-likeness (QED) is 0.169. The van der Waals surface area contributed by atoms with Gasteiger partial charge in [-0.15, -0.1) is 0 Å². The molecule has 0 aliphatic heterocycles. The van der Waals surface area contributed by atoms with Crippen molar-refractivity contribution >= 4 is 17.5 Å². The maximum Gasteiger partial charge on any atom is 0.320 e. The Morgan fingerprint density at radius 2 is 1.60 bits per heavy atom. The molecular formula is C21H26N4O5. The first-order valence-corrected chi connectivity index (χ1v) is 9.32.